The first-order chi connectivity index (χ1) is 8.31. The number of rotatable bonds is 4. The molecule has 1 aromatic rings. The fourth-order valence-electron chi connectivity index (χ4n) is 1.33. The van der Waals surface area contributed by atoms with E-state index in [4.69, 9.17) is 10.8 Å². The summed E-state index contributed by atoms with van der Waals surface area (Å²) in [5.41, 5.74) is 5.81. The molecule has 0 saturated carbocycles. The molecule has 0 aliphatic rings. The van der Waals surface area contributed by atoms with E-state index in [2.05, 4.69) is 10.1 Å². The molecule has 1 unspecified atom stereocenters. The molecule has 0 aromatic heterocycles. The largest absolute Gasteiger partial charge is 0.573 e. The van der Waals surface area contributed by atoms with Crippen molar-refractivity contribution in [1.82, 2.24) is 5.32 Å². The Labute approximate surface area is 100 Å². The van der Waals surface area contributed by atoms with E-state index in [1.54, 1.807) is 0 Å². The molecule has 0 aliphatic heterocycles. The monoisotopic (exact) mass is 264 g/mol. The second-order valence-corrected chi connectivity index (χ2v) is 3.35. The number of nitrogens with one attached hydrogen (secondary N) is 1. The smallest absolute Gasteiger partial charge is 0.465 e. The molecule has 5 nitrogen and oxygen atoms in total. The van der Waals surface area contributed by atoms with Crippen LogP contribution in [0.2, 0.25) is 0 Å². The molecule has 0 saturated heterocycles. The van der Waals surface area contributed by atoms with E-state index in [0.29, 0.717) is 5.56 Å². The van der Waals surface area contributed by atoms with Crippen molar-refractivity contribution in [2.75, 3.05) is 6.54 Å². The standard InChI is InChI=1S/C10H11F3N2O3/c11-10(12,13)18-7-3-1-6(2-4-7)8(5-14)15-9(16)17/h1-4,8,15H,5,14H2,(H,16,17). The molecule has 0 radical (unpaired) electrons. The van der Waals surface area contributed by atoms with Crippen LogP contribution in [0.3, 0.4) is 0 Å². The molecule has 0 aliphatic carbocycles. The third-order valence-electron chi connectivity index (χ3n) is 2.05. The zero-order valence-electron chi connectivity index (χ0n) is 9.07. The van der Waals surface area contributed by atoms with Gasteiger partial charge in [-0.15, -0.1) is 13.2 Å². The van der Waals surface area contributed by atoms with Gasteiger partial charge in [0.05, 0.1) is 6.04 Å². The first-order valence-corrected chi connectivity index (χ1v) is 4.87. The lowest BCUT2D eigenvalue weighted by Gasteiger charge is -2.15. The average molecular weight is 264 g/mol. The molecule has 0 fully saturated rings. The molecule has 0 spiro atoms. The Bertz CT molecular complexity index is 406. The summed E-state index contributed by atoms with van der Waals surface area (Å²) in [5.74, 6) is -0.377. The molecule has 1 atom stereocenters. The lowest BCUT2D eigenvalue weighted by atomic mass is 10.1. The number of hydrogen-bond acceptors (Lipinski definition) is 3. The van der Waals surface area contributed by atoms with Gasteiger partial charge >= 0.3 is 12.5 Å². The average Bonchev–Trinajstić information content (AvgIpc) is 2.24. The van der Waals surface area contributed by atoms with Gasteiger partial charge < -0.3 is 20.9 Å². The van der Waals surface area contributed by atoms with Gasteiger partial charge in [-0.3, -0.25) is 0 Å². The first-order valence-electron chi connectivity index (χ1n) is 4.87. The lowest BCUT2D eigenvalue weighted by Crippen LogP contribution is -2.32. The van der Waals surface area contributed by atoms with Crippen LogP contribution in [0.4, 0.5) is 18.0 Å². The second-order valence-electron chi connectivity index (χ2n) is 3.35. The maximum atomic E-state index is 11.9. The molecule has 4 N–H and O–H groups in total. The Morgan fingerprint density at radius 3 is 2.33 bits per heavy atom. The van der Waals surface area contributed by atoms with Gasteiger partial charge in [-0.05, 0) is 17.7 Å². The van der Waals surface area contributed by atoms with Crippen molar-refractivity contribution in [1.29, 1.82) is 0 Å². The quantitative estimate of drug-likeness (QED) is 0.774. The van der Waals surface area contributed by atoms with Crippen molar-refractivity contribution < 1.29 is 27.8 Å². The third kappa shape index (κ3) is 4.50. The minimum atomic E-state index is -4.76. The number of carbonyl (C=O) groups is 1. The van der Waals surface area contributed by atoms with Crippen molar-refractivity contribution in [2.45, 2.75) is 12.4 Å². The van der Waals surface area contributed by atoms with E-state index >= 15 is 0 Å². The molecule has 1 aromatic carbocycles. The zero-order chi connectivity index (χ0) is 13.8. The van der Waals surface area contributed by atoms with Gasteiger partial charge in [0.1, 0.15) is 5.75 Å². The maximum absolute atomic E-state index is 11.9. The third-order valence-corrected chi connectivity index (χ3v) is 2.05. The summed E-state index contributed by atoms with van der Waals surface area (Å²) < 4.78 is 39.4. The van der Waals surface area contributed by atoms with Gasteiger partial charge in [0.25, 0.3) is 0 Å². The van der Waals surface area contributed by atoms with Crippen LogP contribution in [0.15, 0.2) is 24.3 Å². The van der Waals surface area contributed by atoms with E-state index in [9.17, 15) is 18.0 Å². The van der Waals surface area contributed by atoms with Gasteiger partial charge in [-0.1, -0.05) is 12.1 Å². The minimum Gasteiger partial charge on any atom is -0.465 e. The molecule has 0 heterocycles. The summed E-state index contributed by atoms with van der Waals surface area (Å²) in [6.45, 7) is -0.00816. The van der Waals surface area contributed by atoms with Crippen LogP contribution in [0.1, 0.15) is 11.6 Å². The number of alkyl halides is 3. The van der Waals surface area contributed by atoms with Gasteiger partial charge in [-0.2, -0.15) is 0 Å². The number of amides is 1. The highest BCUT2D eigenvalue weighted by molar-refractivity contribution is 5.65. The SMILES string of the molecule is NCC(NC(=O)O)c1ccc(OC(F)(F)F)cc1. The Kier molecular flexibility index (Phi) is 4.38. The summed E-state index contributed by atoms with van der Waals surface area (Å²) in [6.07, 6.45) is -6.02. The minimum absolute atomic E-state index is 0.00816. The Balaban J connectivity index is 2.77. The van der Waals surface area contributed by atoms with Crippen LogP contribution in [0.5, 0.6) is 5.75 Å². The van der Waals surface area contributed by atoms with Crippen LogP contribution >= 0.6 is 0 Å². The normalized spacial score (nSPS) is 12.9. The summed E-state index contributed by atoms with van der Waals surface area (Å²) >= 11 is 0. The van der Waals surface area contributed by atoms with Crippen LogP contribution in [0, 0.1) is 0 Å². The molecule has 1 amide bonds. The fraction of sp³-hybridized carbons (Fsp3) is 0.300. The molecular weight excluding hydrogens is 253 g/mol. The Hall–Kier alpha value is -1.96. The molecule has 100 valence electrons. The van der Waals surface area contributed by atoms with Crippen molar-refractivity contribution in [3.05, 3.63) is 29.8 Å². The highest BCUT2D eigenvalue weighted by Gasteiger charge is 2.31. The molecular formula is C10H11F3N2O3. The summed E-state index contributed by atoms with van der Waals surface area (Å²) in [5, 5.41) is 10.7. The fourth-order valence-corrected chi connectivity index (χ4v) is 1.33. The Morgan fingerprint density at radius 2 is 1.94 bits per heavy atom. The van der Waals surface area contributed by atoms with Crippen molar-refractivity contribution in [2.24, 2.45) is 5.73 Å². The van der Waals surface area contributed by atoms with E-state index in [-0.39, 0.29) is 12.3 Å². The Morgan fingerprint density at radius 1 is 1.39 bits per heavy atom. The van der Waals surface area contributed by atoms with E-state index < -0.39 is 18.5 Å². The number of nitrogens with two attached hydrogens (primary N) is 1. The van der Waals surface area contributed by atoms with Gasteiger partial charge in [0.2, 0.25) is 0 Å². The van der Waals surface area contributed by atoms with Crippen molar-refractivity contribution in [3.8, 4) is 5.75 Å². The van der Waals surface area contributed by atoms with Crippen molar-refractivity contribution >= 4 is 6.09 Å². The topological polar surface area (TPSA) is 84.6 Å². The second kappa shape index (κ2) is 5.58. The number of halogens is 3. The van der Waals surface area contributed by atoms with Crippen LogP contribution in [-0.4, -0.2) is 24.1 Å². The lowest BCUT2D eigenvalue weighted by molar-refractivity contribution is -0.274. The first kappa shape index (κ1) is 14.1. The summed E-state index contributed by atoms with van der Waals surface area (Å²) in [6, 6.07) is 4.13. The van der Waals surface area contributed by atoms with Crippen LogP contribution in [-0.2, 0) is 0 Å². The summed E-state index contributed by atoms with van der Waals surface area (Å²) in [4.78, 5) is 10.5. The van der Waals surface area contributed by atoms with E-state index in [1.807, 2.05) is 0 Å². The van der Waals surface area contributed by atoms with E-state index in [0.717, 1.165) is 12.1 Å². The van der Waals surface area contributed by atoms with Gasteiger partial charge in [-0.25, -0.2) is 4.79 Å². The van der Waals surface area contributed by atoms with E-state index in [1.165, 1.54) is 12.1 Å². The maximum Gasteiger partial charge on any atom is 0.573 e. The van der Waals surface area contributed by atoms with Gasteiger partial charge in [0.15, 0.2) is 0 Å². The highest BCUT2D eigenvalue weighted by Crippen LogP contribution is 2.24. The predicted molar refractivity (Wildman–Crippen MR) is 56.1 cm³/mol. The molecule has 8 heteroatoms. The highest BCUT2D eigenvalue weighted by atomic mass is 19.4. The zero-order valence-corrected chi connectivity index (χ0v) is 9.07. The van der Waals surface area contributed by atoms with Crippen molar-refractivity contribution in [3.63, 3.8) is 0 Å². The molecule has 1 rings (SSSR count). The summed E-state index contributed by atoms with van der Waals surface area (Å²) in [7, 11) is 0. The number of hydrogen-bond donors (Lipinski definition) is 3. The molecule has 0 bridgehead atoms. The predicted octanol–water partition coefficient (Wildman–Crippen LogP) is 1.85. The van der Waals surface area contributed by atoms with Gasteiger partial charge in [0, 0.05) is 6.54 Å². The number of carboxylic acid groups (broad SMARTS) is 1. The van der Waals surface area contributed by atoms with Crippen LogP contribution in [0.25, 0.3) is 0 Å². The number of ether oxygens (including phenoxy) is 1. The number of benzene rings is 1. The van der Waals surface area contributed by atoms with Crippen LogP contribution < -0.4 is 15.8 Å². The molecule has 18 heavy (non-hydrogen) atoms.